The van der Waals surface area contributed by atoms with E-state index in [0.717, 1.165) is 13.0 Å². The van der Waals surface area contributed by atoms with Crippen molar-refractivity contribution in [3.8, 4) is 0 Å². The average molecular weight is 423 g/mol. The first-order valence-corrected chi connectivity index (χ1v) is 10.9. The fraction of sp³-hybridized carbons (Fsp3) is 0.350. The highest BCUT2D eigenvalue weighted by Crippen LogP contribution is 2.31. The van der Waals surface area contributed by atoms with Crippen LogP contribution in [0.2, 0.25) is 5.02 Å². The van der Waals surface area contributed by atoms with Crippen LogP contribution in [0, 0.1) is 0 Å². The van der Waals surface area contributed by atoms with Crippen LogP contribution >= 0.6 is 11.6 Å². The highest BCUT2D eigenvalue weighted by Gasteiger charge is 2.25. The minimum absolute atomic E-state index is 0.0165. The van der Waals surface area contributed by atoms with Crippen LogP contribution in [-0.4, -0.2) is 40.6 Å². The first-order valence-electron chi connectivity index (χ1n) is 9.05. The third kappa shape index (κ3) is 4.32. The number of nitrogens with one attached hydrogen (secondary N) is 1. The molecule has 1 aliphatic heterocycles. The Morgan fingerprint density at radius 3 is 2.79 bits per heavy atom. The van der Waals surface area contributed by atoms with E-state index < -0.39 is 16.0 Å². The maximum Gasteiger partial charge on any atom is 0.339 e. The third-order valence-corrected chi connectivity index (χ3v) is 6.66. The van der Waals surface area contributed by atoms with Crippen LogP contribution in [-0.2, 0) is 21.2 Å². The molecule has 0 bridgehead atoms. The summed E-state index contributed by atoms with van der Waals surface area (Å²) in [7, 11) is -2.53. The van der Waals surface area contributed by atoms with Gasteiger partial charge in [-0.2, -0.15) is 0 Å². The molecule has 0 spiro atoms. The third-order valence-electron chi connectivity index (χ3n) is 4.87. The second-order valence-corrected chi connectivity index (χ2v) is 8.93. The van der Waals surface area contributed by atoms with Gasteiger partial charge < -0.3 is 9.64 Å². The fourth-order valence-corrected chi connectivity index (χ4v) is 4.74. The number of carbonyl (C=O) groups excluding carboxylic acids is 1. The molecular formula is C20H23ClN2O4S. The van der Waals surface area contributed by atoms with Crippen LogP contribution in [0.1, 0.15) is 29.3 Å². The standard InChI is InChI=1S/C20H23ClN2O4S/c1-14-12-15-6-3-4-7-19(15)23(14)11-5-10-22-28(25,26)16-8-9-18(21)17(13-16)20(24)27-2/h3-4,6-9,13-14,22H,5,10-12H2,1-2H3/t14-/m1/s1. The molecular weight excluding hydrogens is 400 g/mol. The van der Waals surface area contributed by atoms with E-state index in [2.05, 4.69) is 33.4 Å². The minimum Gasteiger partial charge on any atom is -0.465 e. The van der Waals surface area contributed by atoms with Crippen LogP contribution in [0.15, 0.2) is 47.4 Å². The van der Waals surface area contributed by atoms with Crippen molar-refractivity contribution in [2.24, 2.45) is 0 Å². The Bertz CT molecular complexity index is 978. The second-order valence-electron chi connectivity index (χ2n) is 6.76. The molecule has 28 heavy (non-hydrogen) atoms. The number of nitrogens with zero attached hydrogens (tertiary/aromatic N) is 1. The highest BCUT2D eigenvalue weighted by atomic mass is 35.5. The van der Waals surface area contributed by atoms with Crippen LogP contribution in [0.4, 0.5) is 5.69 Å². The van der Waals surface area contributed by atoms with Crippen molar-refractivity contribution in [1.82, 2.24) is 4.72 Å². The SMILES string of the molecule is COC(=O)c1cc(S(=O)(=O)NCCCN2c3ccccc3C[C@H]2C)ccc1Cl. The first kappa shape index (κ1) is 20.6. The number of hydrogen-bond donors (Lipinski definition) is 1. The van der Waals surface area contributed by atoms with Gasteiger partial charge >= 0.3 is 5.97 Å². The summed E-state index contributed by atoms with van der Waals surface area (Å²) in [5, 5.41) is 0.146. The van der Waals surface area contributed by atoms with E-state index in [1.54, 1.807) is 0 Å². The van der Waals surface area contributed by atoms with E-state index in [1.165, 1.54) is 36.6 Å². The smallest absolute Gasteiger partial charge is 0.339 e. The van der Waals surface area contributed by atoms with Crippen LogP contribution < -0.4 is 9.62 Å². The number of rotatable bonds is 7. The molecule has 1 N–H and O–H groups in total. The van der Waals surface area contributed by atoms with Crippen molar-refractivity contribution < 1.29 is 17.9 Å². The number of ether oxygens (including phenoxy) is 1. The van der Waals surface area contributed by atoms with Crippen LogP contribution in [0.3, 0.4) is 0 Å². The number of halogens is 1. The van der Waals surface area contributed by atoms with Gasteiger partial charge in [0.15, 0.2) is 0 Å². The molecule has 1 heterocycles. The zero-order chi connectivity index (χ0) is 20.3. The van der Waals surface area contributed by atoms with E-state index in [1.807, 2.05) is 12.1 Å². The summed E-state index contributed by atoms with van der Waals surface area (Å²) < 4.78 is 32.3. The Balaban J connectivity index is 1.61. The second kappa shape index (κ2) is 8.51. The average Bonchev–Trinajstić information content (AvgIpc) is 3.00. The molecule has 3 rings (SSSR count). The van der Waals surface area contributed by atoms with Gasteiger partial charge in [-0.3, -0.25) is 0 Å². The summed E-state index contributed by atoms with van der Waals surface area (Å²) in [6, 6.07) is 12.7. The maximum absolute atomic E-state index is 12.5. The zero-order valence-electron chi connectivity index (χ0n) is 15.8. The van der Waals surface area contributed by atoms with Gasteiger partial charge in [-0.05, 0) is 49.6 Å². The summed E-state index contributed by atoms with van der Waals surface area (Å²) in [5.74, 6) is -0.677. The number of esters is 1. The minimum atomic E-state index is -3.75. The molecule has 6 nitrogen and oxygen atoms in total. The Morgan fingerprint density at radius 1 is 1.29 bits per heavy atom. The van der Waals surface area contributed by atoms with Crippen molar-refractivity contribution in [1.29, 1.82) is 0 Å². The molecule has 0 saturated heterocycles. The van der Waals surface area contributed by atoms with E-state index in [0.29, 0.717) is 19.0 Å². The monoisotopic (exact) mass is 422 g/mol. The quantitative estimate of drug-likeness (QED) is 0.547. The van der Waals surface area contributed by atoms with Crippen molar-refractivity contribution in [2.75, 3.05) is 25.1 Å². The summed E-state index contributed by atoms with van der Waals surface area (Å²) in [6.07, 6.45) is 1.67. The number of para-hydroxylation sites is 1. The van der Waals surface area contributed by atoms with Crippen LogP contribution in [0.5, 0.6) is 0 Å². The number of hydrogen-bond acceptors (Lipinski definition) is 5. The summed E-state index contributed by atoms with van der Waals surface area (Å²) in [6.45, 7) is 3.23. The van der Waals surface area contributed by atoms with Gasteiger partial charge in [-0.1, -0.05) is 29.8 Å². The molecule has 0 aliphatic carbocycles. The Morgan fingerprint density at radius 2 is 2.04 bits per heavy atom. The molecule has 1 aliphatic rings. The normalized spacial score (nSPS) is 16.1. The van der Waals surface area contributed by atoms with Gasteiger partial charge in [0.25, 0.3) is 0 Å². The molecule has 0 amide bonds. The van der Waals surface area contributed by atoms with Gasteiger partial charge in [-0.25, -0.2) is 17.9 Å². The van der Waals surface area contributed by atoms with Gasteiger partial charge in [0, 0.05) is 24.8 Å². The lowest BCUT2D eigenvalue weighted by Gasteiger charge is -2.24. The predicted molar refractivity (Wildman–Crippen MR) is 110 cm³/mol. The maximum atomic E-state index is 12.5. The molecule has 0 aromatic heterocycles. The molecule has 8 heteroatoms. The molecule has 2 aromatic rings. The Kier molecular flexibility index (Phi) is 6.27. The molecule has 2 aromatic carbocycles. The van der Waals surface area contributed by atoms with Gasteiger partial charge in [0.2, 0.25) is 10.0 Å². The molecule has 150 valence electrons. The lowest BCUT2D eigenvalue weighted by molar-refractivity contribution is 0.0600. The number of sulfonamides is 1. The Labute approximate surface area is 170 Å². The van der Waals surface area contributed by atoms with Gasteiger partial charge in [-0.15, -0.1) is 0 Å². The largest absolute Gasteiger partial charge is 0.465 e. The first-order chi connectivity index (χ1) is 13.3. The van der Waals surface area contributed by atoms with E-state index >= 15 is 0 Å². The molecule has 0 saturated carbocycles. The molecule has 0 unspecified atom stereocenters. The van der Waals surface area contributed by atoms with Crippen molar-refractivity contribution in [3.63, 3.8) is 0 Å². The molecule has 1 atom stereocenters. The Hall–Kier alpha value is -2.09. The molecule has 0 fully saturated rings. The fourth-order valence-electron chi connectivity index (χ4n) is 3.45. The number of benzene rings is 2. The number of methoxy groups -OCH3 is 1. The topological polar surface area (TPSA) is 75.7 Å². The summed E-state index contributed by atoms with van der Waals surface area (Å²) in [5.41, 5.74) is 2.57. The van der Waals surface area contributed by atoms with Gasteiger partial charge in [0.05, 0.1) is 22.6 Å². The highest BCUT2D eigenvalue weighted by molar-refractivity contribution is 7.89. The lowest BCUT2D eigenvalue weighted by Crippen LogP contribution is -2.33. The summed E-state index contributed by atoms with van der Waals surface area (Å²) in [4.78, 5) is 14.0. The van der Waals surface area contributed by atoms with Gasteiger partial charge in [0.1, 0.15) is 0 Å². The summed E-state index contributed by atoms with van der Waals surface area (Å²) >= 11 is 5.95. The van der Waals surface area contributed by atoms with Crippen LogP contribution in [0.25, 0.3) is 0 Å². The van der Waals surface area contributed by atoms with E-state index in [4.69, 9.17) is 11.6 Å². The lowest BCUT2D eigenvalue weighted by atomic mass is 10.1. The predicted octanol–water partition coefficient (Wildman–Crippen LogP) is 3.25. The van der Waals surface area contributed by atoms with E-state index in [-0.39, 0.29) is 15.5 Å². The van der Waals surface area contributed by atoms with Crippen molar-refractivity contribution >= 4 is 33.3 Å². The van der Waals surface area contributed by atoms with E-state index in [9.17, 15) is 13.2 Å². The number of fused-ring (bicyclic) bond motifs is 1. The van der Waals surface area contributed by atoms with Crippen molar-refractivity contribution in [3.05, 3.63) is 58.6 Å². The zero-order valence-corrected chi connectivity index (χ0v) is 17.4. The number of carbonyl (C=O) groups is 1. The number of anilines is 1. The molecule has 0 radical (unpaired) electrons. The van der Waals surface area contributed by atoms with Crippen molar-refractivity contribution in [2.45, 2.75) is 30.7 Å².